The van der Waals surface area contributed by atoms with E-state index in [9.17, 15) is 0 Å². The van der Waals surface area contributed by atoms with E-state index in [1.54, 1.807) is 0 Å². The largest absolute Gasteiger partial charge is 0.137 e. The van der Waals surface area contributed by atoms with Gasteiger partial charge in [0.2, 0.25) is 0 Å². The van der Waals surface area contributed by atoms with Crippen LogP contribution in [-0.4, -0.2) is 6.16 Å². The van der Waals surface area contributed by atoms with Crippen LogP contribution in [0.2, 0.25) is 0 Å². The summed E-state index contributed by atoms with van der Waals surface area (Å²) in [6.07, 6.45) is 8.12. The Balaban J connectivity index is 2.63. The molecule has 0 N–H and O–H groups in total. The number of aryl methyl sites for hydroxylation is 1. The van der Waals surface area contributed by atoms with E-state index in [-0.39, 0.29) is 0 Å². The fraction of sp³-hybridized carbons (Fsp3) is 0.444. The standard InChI is InChI=1S/C18H27P/c1-14(2)5-8-18(13-19)12-16(4)11-17-9-6-15(3)7-10-17/h5-7,9-10,12,18H,8,11,13,19H2,1-4H3/b16-12+. The maximum Gasteiger partial charge on any atom is -0.00698 e. The number of hydrogen-bond acceptors (Lipinski definition) is 0. The molecule has 0 heterocycles. The van der Waals surface area contributed by atoms with Gasteiger partial charge in [0.05, 0.1) is 0 Å². The topological polar surface area (TPSA) is 0 Å². The summed E-state index contributed by atoms with van der Waals surface area (Å²) in [4.78, 5) is 0. The lowest BCUT2D eigenvalue weighted by atomic mass is 9.98. The Kier molecular flexibility index (Phi) is 7.10. The molecule has 1 rings (SSSR count). The van der Waals surface area contributed by atoms with Gasteiger partial charge in [-0.15, -0.1) is 9.24 Å². The molecular formula is C18H27P. The Bertz CT molecular complexity index is 433. The first-order chi connectivity index (χ1) is 9.01. The monoisotopic (exact) mass is 274 g/mol. The first-order valence-electron chi connectivity index (χ1n) is 7.07. The second-order valence-electron chi connectivity index (χ2n) is 5.69. The molecule has 0 aromatic heterocycles. The molecule has 0 aliphatic heterocycles. The molecule has 0 bridgehead atoms. The van der Waals surface area contributed by atoms with Crippen molar-refractivity contribution < 1.29 is 0 Å². The van der Waals surface area contributed by atoms with Crippen LogP contribution in [0.3, 0.4) is 0 Å². The van der Waals surface area contributed by atoms with Gasteiger partial charge in [-0.05, 0) is 58.2 Å². The summed E-state index contributed by atoms with van der Waals surface area (Å²) >= 11 is 0. The van der Waals surface area contributed by atoms with E-state index in [1.165, 1.54) is 22.3 Å². The van der Waals surface area contributed by atoms with E-state index in [1.807, 2.05) is 0 Å². The van der Waals surface area contributed by atoms with Crippen molar-refractivity contribution in [1.82, 2.24) is 0 Å². The summed E-state index contributed by atoms with van der Waals surface area (Å²) in [7, 11) is 2.87. The summed E-state index contributed by atoms with van der Waals surface area (Å²) in [6.45, 7) is 8.72. The summed E-state index contributed by atoms with van der Waals surface area (Å²) in [5, 5.41) is 0. The minimum Gasteiger partial charge on any atom is -0.137 e. The number of allylic oxidation sites excluding steroid dienone is 4. The van der Waals surface area contributed by atoms with Gasteiger partial charge in [-0.25, -0.2) is 0 Å². The van der Waals surface area contributed by atoms with Gasteiger partial charge in [0.15, 0.2) is 0 Å². The molecule has 104 valence electrons. The fourth-order valence-corrected chi connectivity index (χ4v) is 2.44. The molecule has 1 aromatic carbocycles. The Morgan fingerprint density at radius 2 is 1.79 bits per heavy atom. The SMILES string of the molecule is CC(C)=CCC(/C=C(\C)Cc1ccc(C)cc1)CP. The number of benzene rings is 1. The third-order valence-electron chi connectivity index (χ3n) is 3.26. The molecule has 0 amide bonds. The molecule has 19 heavy (non-hydrogen) atoms. The highest BCUT2D eigenvalue weighted by molar-refractivity contribution is 7.16. The van der Waals surface area contributed by atoms with Gasteiger partial charge in [0.25, 0.3) is 0 Å². The highest BCUT2D eigenvalue weighted by Gasteiger charge is 2.02. The molecule has 2 atom stereocenters. The minimum atomic E-state index is 0.644. The van der Waals surface area contributed by atoms with Crippen molar-refractivity contribution in [3.8, 4) is 0 Å². The van der Waals surface area contributed by atoms with E-state index in [0.717, 1.165) is 19.0 Å². The maximum atomic E-state index is 2.87. The van der Waals surface area contributed by atoms with Gasteiger partial charge in [0, 0.05) is 0 Å². The Morgan fingerprint density at radius 1 is 1.16 bits per heavy atom. The van der Waals surface area contributed by atoms with Crippen LogP contribution in [0.5, 0.6) is 0 Å². The molecule has 0 saturated heterocycles. The zero-order chi connectivity index (χ0) is 14.3. The zero-order valence-corrected chi connectivity index (χ0v) is 13.9. The smallest absolute Gasteiger partial charge is 0.00698 e. The zero-order valence-electron chi connectivity index (χ0n) is 12.7. The van der Waals surface area contributed by atoms with E-state index in [2.05, 4.69) is 73.4 Å². The molecule has 0 nitrogen and oxygen atoms in total. The predicted molar refractivity (Wildman–Crippen MR) is 90.8 cm³/mol. The van der Waals surface area contributed by atoms with Gasteiger partial charge < -0.3 is 0 Å². The third kappa shape index (κ3) is 6.73. The first-order valence-corrected chi connectivity index (χ1v) is 7.89. The van der Waals surface area contributed by atoms with E-state index in [0.29, 0.717) is 5.92 Å². The fourth-order valence-electron chi connectivity index (χ4n) is 2.11. The van der Waals surface area contributed by atoms with Gasteiger partial charge >= 0.3 is 0 Å². The lowest BCUT2D eigenvalue weighted by Crippen LogP contribution is -1.99. The van der Waals surface area contributed by atoms with Crippen molar-refractivity contribution in [2.75, 3.05) is 6.16 Å². The summed E-state index contributed by atoms with van der Waals surface area (Å²) < 4.78 is 0. The molecule has 0 fully saturated rings. The number of rotatable bonds is 6. The molecule has 0 spiro atoms. The Morgan fingerprint density at radius 3 is 2.32 bits per heavy atom. The summed E-state index contributed by atoms with van der Waals surface area (Å²) in [5.41, 5.74) is 5.62. The van der Waals surface area contributed by atoms with Crippen LogP contribution >= 0.6 is 9.24 Å². The van der Waals surface area contributed by atoms with Crippen molar-refractivity contribution in [2.45, 2.75) is 40.5 Å². The van der Waals surface area contributed by atoms with Gasteiger partial charge in [-0.2, -0.15) is 0 Å². The molecule has 0 radical (unpaired) electrons. The normalized spacial score (nSPS) is 13.2. The van der Waals surface area contributed by atoms with Crippen LogP contribution in [0, 0.1) is 12.8 Å². The van der Waals surface area contributed by atoms with Crippen LogP contribution in [0.15, 0.2) is 47.6 Å². The second kappa shape index (κ2) is 8.33. The third-order valence-corrected chi connectivity index (χ3v) is 3.86. The quantitative estimate of drug-likeness (QED) is 0.486. The maximum absolute atomic E-state index is 2.87. The average Bonchev–Trinajstić information content (AvgIpc) is 2.37. The van der Waals surface area contributed by atoms with Crippen LogP contribution in [-0.2, 0) is 6.42 Å². The molecular weight excluding hydrogens is 247 g/mol. The Hall–Kier alpha value is -0.870. The van der Waals surface area contributed by atoms with Crippen molar-refractivity contribution in [3.05, 3.63) is 58.7 Å². The average molecular weight is 274 g/mol. The molecule has 2 unspecified atom stereocenters. The Labute approximate surface area is 121 Å². The highest BCUT2D eigenvalue weighted by atomic mass is 31.0. The van der Waals surface area contributed by atoms with Gasteiger partial charge in [0.1, 0.15) is 0 Å². The van der Waals surface area contributed by atoms with Crippen molar-refractivity contribution >= 4 is 9.24 Å². The molecule has 1 heteroatoms. The highest BCUT2D eigenvalue weighted by Crippen LogP contribution is 2.16. The van der Waals surface area contributed by atoms with Crippen LogP contribution in [0.4, 0.5) is 0 Å². The van der Waals surface area contributed by atoms with E-state index in [4.69, 9.17) is 0 Å². The molecule has 0 saturated carbocycles. The van der Waals surface area contributed by atoms with Crippen molar-refractivity contribution in [2.24, 2.45) is 5.92 Å². The summed E-state index contributed by atoms with van der Waals surface area (Å²) in [5.74, 6) is 0.644. The van der Waals surface area contributed by atoms with Crippen LogP contribution in [0.25, 0.3) is 0 Å². The van der Waals surface area contributed by atoms with Crippen molar-refractivity contribution in [3.63, 3.8) is 0 Å². The minimum absolute atomic E-state index is 0.644. The summed E-state index contributed by atoms with van der Waals surface area (Å²) in [6, 6.07) is 8.86. The predicted octanol–water partition coefficient (Wildman–Crippen LogP) is 5.33. The lowest BCUT2D eigenvalue weighted by Gasteiger charge is -2.10. The van der Waals surface area contributed by atoms with Crippen molar-refractivity contribution in [1.29, 1.82) is 0 Å². The van der Waals surface area contributed by atoms with Crippen LogP contribution in [0.1, 0.15) is 38.3 Å². The lowest BCUT2D eigenvalue weighted by molar-refractivity contribution is 0.743. The van der Waals surface area contributed by atoms with Gasteiger partial charge in [-0.3, -0.25) is 0 Å². The van der Waals surface area contributed by atoms with Gasteiger partial charge in [-0.1, -0.05) is 53.1 Å². The molecule has 1 aromatic rings. The second-order valence-corrected chi connectivity index (χ2v) is 6.16. The van der Waals surface area contributed by atoms with Crippen LogP contribution < -0.4 is 0 Å². The molecule has 0 aliphatic carbocycles. The van der Waals surface area contributed by atoms with E-state index >= 15 is 0 Å². The number of hydrogen-bond donors (Lipinski definition) is 0. The molecule has 0 aliphatic rings. The first kappa shape index (κ1) is 16.2. The van der Waals surface area contributed by atoms with E-state index < -0.39 is 0 Å².